The summed E-state index contributed by atoms with van der Waals surface area (Å²) in [5, 5.41) is 4.70. The molecule has 1 N–H and O–H groups in total. The zero-order valence-corrected chi connectivity index (χ0v) is 28.0. The van der Waals surface area contributed by atoms with E-state index in [0.717, 1.165) is 17.1 Å². The Labute approximate surface area is 297 Å². The second-order valence-corrected chi connectivity index (χ2v) is 13.0. The Bertz CT molecular complexity index is 1990. The number of nitrogens with zero attached hydrogens (tertiary/aromatic N) is 4. The maximum Gasteiger partial charge on any atom is 0.433 e. The number of benzene rings is 2. The Morgan fingerprint density at radius 3 is 2.38 bits per heavy atom. The van der Waals surface area contributed by atoms with Crippen molar-refractivity contribution in [1.82, 2.24) is 19.9 Å². The zero-order valence-electron chi connectivity index (χ0n) is 28.0. The van der Waals surface area contributed by atoms with Crippen LogP contribution in [0.3, 0.4) is 0 Å². The molecular formula is C36H31F8N5O4. The van der Waals surface area contributed by atoms with E-state index in [2.05, 4.69) is 22.1 Å². The molecule has 9 nitrogen and oxygen atoms in total. The number of pyridine rings is 1. The molecule has 3 fully saturated rings. The summed E-state index contributed by atoms with van der Waals surface area (Å²) in [5.74, 6) is -2.31. The van der Waals surface area contributed by atoms with Gasteiger partial charge in [-0.2, -0.15) is 26.3 Å². The number of carbonyl (C=O) groups is 3. The van der Waals surface area contributed by atoms with Gasteiger partial charge >= 0.3 is 12.4 Å². The van der Waals surface area contributed by atoms with E-state index in [9.17, 15) is 40.7 Å². The first-order valence-electron chi connectivity index (χ1n) is 16.4. The molecule has 2 aromatic carbocycles. The molecule has 3 aliphatic rings. The van der Waals surface area contributed by atoms with E-state index in [0.29, 0.717) is 63.7 Å². The quantitative estimate of drug-likeness (QED) is 0.197. The van der Waals surface area contributed by atoms with Gasteiger partial charge in [0.1, 0.15) is 5.69 Å². The summed E-state index contributed by atoms with van der Waals surface area (Å²) >= 11 is 0. The standard InChI is InChI=1S/C36H31F8N5O4/c1-34-11-3-13-49(34)48(20-23-6-5-21(29(37)30(23)38)4-2-12-47-14-16-53-17-15-47)33(52)28(31(34)50)32(51)46-26-9-8-24(35(39,40)41)18-25(26)22-7-10-27(45-19-22)36(42,43)44/h5-10,18-19,28H,3,11-17,20H2,1H3,(H,46,51)/t28?,34-/m1/s1. The molecule has 0 radical (unpaired) electrons. The number of hydrazine groups is 1. The first-order chi connectivity index (χ1) is 25.0. The molecular weight excluding hydrogens is 718 g/mol. The van der Waals surface area contributed by atoms with Gasteiger partial charge < -0.3 is 10.1 Å². The monoisotopic (exact) mass is 749 g/mol. The fourth-order valence-corrected chi connectivity index (χ4v) is 6.64. The lowest BCUT2D eigenvalue weighted by Gasteiger charge is -2.47. The van der Waals surface area contributed by atoms with Crippen LogP contribution in [0.4, 0.5) is 40.8 Å². The number of ether oxygens (including phenoxy) is 1. The van der Waals surface area contributed by atoms with Gasteiger partial charge in [-0.05, 0) is 50.1 Å². The molecule has 0 bridgehead atoms. The van der Waals surface area contributed by atoms with Crippen LogP contribution in [-0.2, 0) is 38.0 Å². The largest absolute Gasteiger partial charge is 0.433 e. The van der Waals surface area contributed by atoms with Gasteiger partial charge in [-0.15, -0.1) is 0 Å². The zero-order chi connectivity index (χ0) is 38.3. The van der Waals surface area contributed by atoms with Gasteiger partial charge in [0.05, 0.1) is 43.0 Å². The summed E-state index contributed by atoms with van der Waals surface area (Å²) in [6.07, 6.45) is -8.45. The minimum Gasteiger partial charge on any atom is -0.379 e. The third-order valence-corrected chi connectivity index (χ3v) is 9.53. The van der Waals surface area contributed by atoms with E-state index in [-0.39, 0.29) is 40.9 Å². The van der Waals surface area contributed by atoms with Gasteiger partial charge in [0.15, 0.2) is 23.3 Å². The number of morpholine rings is 1. The highest BCUT2D eigenvalue weighted by molar-refractivity contribution is 6.24. The van der Waals surface area contributed by atoms with Crippen LogP contribution >= 0.6 is 0 Å². The number of Topliss-reactive ketones (excluding diaryl/α,β-unsaturated/α-hetero) is 1. The van der Waals surface area contributed by atoms with Crippen molar-refractivity contribution < 1.29 is 54.2 Å². The molecule has 1 unspecified atom stereocenters. The van der Waals surface area contributed by atoms with Crippen LogP contribution in [0.2, 0.25) is 0 Å². The number of hydrogen-bond donors (Lipinski definition) is 1. The number of aromatic nitrogens is 1. The van der Waals surface area contributed by atoms with Gasteiger partial charge in [-0.1, -0.05) is 24.0 Å². The van der Waals surface area contributed by atoms with Gasteiger partial charge in [0, 0.05) is 48.2 Å². The number of nitrogens with one attached hydrogen (secondary N) is 1. The maximum atomic E-state index is 15.5. The van der Waals surface area contributed by atoms with E-state index in [1.165, 1.54) is 24.1 Å². The Morgan fingerprint density at radius 2 is 1.72 bits per heavy atom. The number of alkyl halides is 6. The number of hydrogen-bond acceptors (Lipinski definition) is 7. The highest BCUT2D eigenvalue weighted by Gasteiger charge is 2.58. The van der Waals surface area contributed by atoms with Crippen LogP contribution in [0, 0.1) is 29.4 Å². The van der Waals surface area contributed by atoms with E-state index in [1.807, 2.05) is 4.90 Å². The minimum atomic E-state index is -4.88. The van der Waals surface area contributed by atoms with E-state index >= 15 is 8.78 Å². The van der Waals surface area contributed by atoms with E-state index < -0.39 is 70.8 Å². The van der Waals surface area contributed by atoms with E-state index in [1.54, 1.807) is 0 Å². The predicted molar refractivity (Wildman–Crippen MR) is 172 cm³/mol. The molecule has 280 valence electrons. The molecule has 3 aliphatic heterocycles. The molecule has 3 saturated heterocycles. The SMILES string of the molecule is C[C@]12CCCN1N(Cc1ccc(C#CCN3CCOCC3)c(F)c1F)C(=O)C(C(=O)Nc1ccc(C(F)(F)F)cc1-c1ccc(C(F)(F)F)nc1)C2=O. The Hall–Kier alpha value is -4.92. The van der Waals surface area contributed by atoms with Crippen molar-refractivity contribution in [2.75, 3.05) is 44.7 Å². The topological polar surface area (TPSA) is 95.1 Å². The minimum absolute atomic E-state index is 0.168. The third kappa shape index (κ3) is 7.62. The number of ketones is 1. The van der Waals surface area contributed by atoms with Crippen molar-refractivity contribution in [2.45, 2.75) is 44.2 Å². The molecule has 3 aromatic rings. The summed E-state index contributed by atoms with van der Waals surface area (Å²) in [6, 6.07) is 5.97. The summed E-state index contributed by atoms with van der Waals surface area (Å²) in [7, 11) is 0. The second-order valence-electron chi connectivity index (χ2n) is 13.0. The molecule has 53 heavy (non-hydrogen) atoms. The summed E-state index contributed by atoms with van der Waals surface area (Å²) in [5.41, 5.74) is -5.39. The van der Waals surface area contributed by atoms with Crippen LogP contribution in [0.5, 0.6) is 0 Å². The number of rotatable bonds is 6. The lowest BCUT2D eigenvalue weighted by molar-refractivity contribution is -0.184. The summed E-state index contributed by atoms with van der Waals surface area (Å²) < 4.78 is 116. The van der Waals surface area contributed by atoms with Crippen LogP contribution in [0.1, 0.15) is 42.1 Å². The van der Waals surface area contributed by atoms with Crippen LogP contribution in [-0.4, -0.2) is 82.4 Å². The Kier molecular flexibility index (Phi) is 10.3. The first-order valence-corrected chi connectivity index (χ1v) is 16.4. The number of carbonyl (C=O) groups excluding carboxylic acids is 3. The molecule has 0 spiro atoms. The highest BCUT2D eigenvalue weighted by atomic mass is 19.4. The van der Waals surface area contributed by atoms with Crippen LogP contribution in [0.25, 0.3) is 11.1 Å². The van der Waals surface area contributed by atoms with Gasteiger partial charge in [0.2, 0.25) is 5.91 Å². The van der Waals surface area contributed by atoms with Crippen molar-refractivity contribution >= 4 is 23.3 Å². The van der Waals surface area contributed by atoms with Crippen LogP contribution < -0.4 is 5.32 Å². The number of amides is 2. The number of anilines is 1. The average molecular weight is 750 g/mol. The second kappa shape index (κ2) is 14.5. The van der Waals surface area contributed by atoms with Gasteiger partial charge in [-0.25, -0.2) is 13.8 Å². The van der Waals surface area contributed by atoms with Crippen LogP contribution in [0.15, 0.2) is 48.7 Å². The van der Waals surface area contributed by atoms with Crippen molar-refractivity contribution in [3.8, 4) is 23.0 Å². The normalized spacial score (nSPS) is 21.3. The molecule has 6 rings (SSSR count). The molecule has 2 amide bonds. The van der Waals surface area contributed by atoms with Gasteiger partial charge in [-0.3, -0.25) is 29.3 Å². The smallest absolute Gasteiger partial charge is 0.379 e. The number of fused-ring (bicyclic) bond motifs is 1. The molecule has 0 saturated carbocycles. The molecule has 0 aliphatic carbocycles. The molecule has 4 heterocycles. The van der Waals surface area contributed by atoms with Crippen molar-refractivity contribution in [3.05, 3.63) is 82.7 Å². The van der Waals surface area contributed by atoms with Crippen molar-refractivity contribution in [3.63, 3.8) is 0 Å². The summed E-state index contributed by atoms with van der Waals surface area (Å²) in [4.78, 5) is 46.9. The van der Waals surface area contributed by atoms with Crippen molar-refractivity contribution in [2.24, 2.45) is 5.92 Å². The van der Waals surface area contributed by atoms with E-state index in [4.69, 9.17) is 4.74 Å². The van der Waals surface area contributed by atoms with Gasteiger partial charge in [0.25, 0.3) is 5.91 Å². The lowest BCUT2D eigenvalue weighted by Crippen LogP contribution is -2.68. The lowest BCUT2D eigenvalue weighted by atomic mass is 9.82. The fourth-order valence-electron chi connectivity index (χ4n) is 6.64. The average Bonchev–Trinajstić information content (AvgIpc) is 3.52. The predicted octanol–water partition coefficient (Wildman–Crippen LogP) is 5.68. The Balaban J connectivity index is 1.28. The Morgan fingerprint density at radius 1 is 0.981 bits per heavy atom. The summed E-state index contributed by atoms with van der Waals surface area (Å²) in [6.45, 7) is 3.77. The molecule has 17 heteroatoms. The van der Waals surface area contributed by atoms with Crippen molar-refractivity contribution in [1.29, 1.82) is 0 Å². The third-order valence-electron chi connectivity index (χ3n) is 9.53. The highest BCUT2D eigenvalue weighted by Crippen LogP contribution is 2.41. The first kappa shape index (κ1) is 37.8. The number of halogens is 8. The molecule has 1 aromatic heterocycles. The fraction of sp³-hybridized carbons (Fsp3) is 0.389. The molecule has 2 atom stereocenters. The maximum absolute atomic E-state index is 15.5.